The van der Waals surface area contributed by atoms with Crippen molar-refractivity contribution in [2.24, 2.45) is 5.41 Å². The van der Waals surface area contributed by atoms with Crippen LogP contribution in [-0.4, -0.2) is 36.3 Å². The molecule has 2 aromatic rings. The first-order valence-electron chi connectivity index (χ1n) is 10.7. The second kappa shape index (κ2) is 7.86. The summed E-state index contributed by atoms with van der Waals surface area (Å²) in [5, 5.41) is 2.98. The molecule has 30 heavy (non-hydrogen) atoms. The zero-order valence-electron chi connectivity index (χ0n) is 17.7. The molecule has 0 saturated carbocycles. The van der Waals surface area contributed by atoms with Crippen molar-refractivity contribution < 1.29 is 14.0 Å². The Kier molecular flexibility index (Phi) is 5.39. The maximum absolute atomic E-state index is 13.4. The molecule has 2 aliphatic heterocycles. The van der Waals surface area contributed by atoms with E-state index >= 15 is 0 Å². The first-order chi connectivity index (χ1) is 14.3. The van der Waals surface area contributed by atoms with Gasteiger partial charge in [0.15, 0.2) is 0 Å². The Labute approximate surface area is 177 Å². The number of hydrogen-bond acceptors (Lipinski definition) is 2. The van der Waals surface area contributed by atoms with Crippen molar-refractivity contribution in [1.29, 1.82) is 0 Å². The SMILES string of the molecule is CC(C)(C(=O)N1CCC2(CC1)CC(=O)NC[C@@H]2c1ccc(F)cc1)c1ccccc1. The third-order valence-electron chi connectivity index (χ3n) is 7.10. The lowest BCUT2D eigenvalue weighted by atomic mass is 9.62. The third kappa shape index (κ3) is 3.73. The van der Waals surface area contributed by atoms with E-state index in [1.165, 1.54) is 12.1 Å². The van der Waals surface area contributed by atoms with Gasteiger partial charge in [0.1, 0.15) is 5.82 Å². The molecule has 2 fully saturated rings. The summed E-state index contributed by atoms with van der Waals surface area (Å²) < 4.78 is 13.4. The van der Waals surface area contributed by atoms with Gasteiger partial charge >= 0.3 is 0 Å². The summed E-state index contributed by atoms with van der Waals surface area (Å²) >= 11 is 0. The average molecular weight is 409 g/mol. The maximum atomic E-state index is 13.4. The number of nitrogens with zero attached hydrogens (tertiary/aromatic N) is 1. The minimum absolute atomic E-state index is 0.0674. The second-order valence-corrected chi connectivity index (χ2v) is 9.23. The highest BCUT2D eigenvalue weighted by Gasteiger charge is 2.47. The molecule has 158 valence electrons. The van der Waals surface area contributed by atoms with Crippen molar-refractivity contribution in [1.82, 2.24) is 10.2 Å². The number of halogens is 1. The highest BCUT2D eigenvalue weighted by Crippen LogP contribution is 2.49. The van der Waals surface area contributed by atoms with E-state index in [-0.39, 0.29) is 29.0 Å². The smallest absolute Gasteiger partial charge is 0.232 e. The molecule has 0 unspecified atom stereocenters. The first-order valence-corrected chi connectivity index (χ1v) is 10.7. The maximum Gasteiger partial charge on any atom is 0.232 e. The molecule has 2 aliphatic rings. The van der Waals surface area contributed by atoms with E-state index in [9.17, 15) is 14.0 Å². The monoisotopic (exact) mass is 408 g/mol. The normalized spacial score (nSPS) is 21.4. The number of carbonyl (C=O) groups excluding carboxylic acids is 2. The Morgan fingerprint density at radius 3 is 2.33 bits per heavy atom. The summed E-state index contributed by atoms with van der Waals surface area (Å²) in [5.41, 5.74) is 1.29. The quantitative estimate of drug-likeness (QED) is 0.834. The molecule has 0 aromatic heterocycles. The molecule has 1 N–H and O–H groups in total. The van der Waals surface area contributed by atoms with Gasteiger partial charge < -0.3 is 10.2 Å². The number of rotatable bonds is 3. The lowest BCUT2D eigenvalue weighted by Crippen LogP contribution is -2.54. The van der Waals surface area contributed by atoms with Gasteiger partial charge in [0.2, 0.25) is 11.8 Å². The molecule has 0 aliphatic carbocycles. The van der Waals surface area contributed by atoms with E-state index in [1.54, 1.807) is 0 Å². The van der Waals surface area contributed by atoms with Gasteiger partial charge in [0.25, 0.3) is 0 Å². The molecular weight excluding hydrogens is 379 g/mol. The molecule has 2 amide bonds. The van der Waals surface area contributed by atoms with Gasteiger partial charge in [-0.15, -0.1) is 0 Å². The summed E-state index contributed by atoms with van der Waals surface area (Å²) in [6.07, 6.45) is 2.01. The molecule has 5 heteroatoms. The van der Waals surface area contributed by atoms with Crippen LogP contribution in [0.1, 0.15) is 50.2 Å². The molecule has 0 radical (unpaired) electrons. The number of likely N-dealkylation sites (tertiary alicyclic amines) is 1. The summed E-state index contributed by atoms with van der Waals surface area (Å²) in [5.74, 6) is 0.0753. The van der Waals surface area contributed by atoms with Crippen LogP contribution in [0.5, 0.6) is 0 Å². The van der Waals surface area contributed by atoms with E-state index < -0.39 is 5.41 Å². The van der Waals surface area contributed by atoms with Crippen LogP contribution in [0.2, 0.25) is 0 Å². The standard InChI is InChI=1S/C25H29FN2O2/c1-24(2,19-6-4-3-5-7-19)23(30)28-14-12-25(13-15-28)16-22(29)27-17-21(25)18-8-10-20(26)11-9-18/h3-11,21H,12-17H2,1-2H3,(H,27,29)/t21-/m1/s1. The number of nitrogens with one attached hydrogen (secondary N) is 1. The second-order valence-electron chi connectivity index (χ2n) is 9.23. The minimum atomic E-state index is -0.591. The van der Waals surface area contributed by atoms with Crippen LogP contribution in [0.15, 0.2) is 54.6 Å². The highest BCUT2D eigenvalue weighted by molar-refractivity contribution is 5.87. The summed E-state index contributed by atoms with van der Waals surface area (Å²) in [6.45, 7) is 5.79. The summed E-state index contributed by atoms with van der Waals surface area (Å²) in [7, 11) is 0. The third-order valence-corrected chi connectivity index (χ3v) is 7.10. The van der Waals surface area contributed by atoms with E-state index in [0.29, 0.717) is 26.1 Å². The Hall–Kier alpha value is -2.69. The van der Waals surface area contributed by atoms with Crippen LogP contribution in [0.3, 0.4) is 0 Å². The molecule has 1 atom stereocenters. The lowest BCUT2D eigenvalue weighted by Gasteiger charge is -2.50. The van der Waals surface area contributed by atoms with Crippen molar-refractivity contribution in [3.8, 4) is 0 Å². The van der Waals surface area contributed by atoms with Crippen molar-refractivity contribution in [2.75, 3.05) is 19.6 Å². The van der Waals surface area contributed by atoms with Gasteiger partial charge in [-0.3, -0.25) is 9.59 Å². The van der Waals surface area contributed by atoms with Gasteiger partial charge in [0, 0.05) is 32.0 Å². The van der Waals surface area contributed by atoms with Gasteiger partial charge in [-0.2, -0.15) is 0 Å². The Balaban J connectivity index is 1.53. The predicted octanol–water partition coefficient (Wildman–Crippen LogP) is 4.02. The van der Waals surface area contributed by atoms with Crippen LogP contribution < -0.4 is 5.32 Å². The van der Waals surface area contributed by atoms with Crippen LogP contribution in [0.4, 0.5) is 4.39 Å². The molecule has 2 aromatic carbocycles. The van der Waals surface area contributed by atoms with Crippen LogP contribution in [0.25, 0.3) is 0 Å². The molecule has 2 saturated heterocycles. The Bertz CT molecular complexity index is 916. The summed E-state index contributed by atoms with van der Waals surface area (Å²) in [4.78, 5) is 27.6. The summed E-state index contributed by atoms with van der Waals surface area (Å²) in [6, 6.07) is 16.5. The average Bonchev–Trinajstić information content (AvgIpc) is 2.75. The molecule has 1 spiro atoms. The first kappa shape index (κ1) is 20.6. The molecule has 0 bridgehead atoms. The van der Waals surface area contributed by atoms with Gasteiger partial charge in [0.05, 0.1) is 5.41 Å². The predicted molar refractivity (Wildman–Crippen MR) is 114 cm³/mol. The topological polar surface area (TPSA) is 49.4 Å². The van der Waals surface area contributed by atoms with Gasteiger partial charge in [-0.1, -0.05) is 42.5 Å². The Morgan fingerprint density at radius 1 is 1.07 bits per heavy atom. The van der Waals surface area contributed by atoms with Crippen molar-refractivity contribution in [3.05, 3.63) is 71.5 Å². The fourth-order valence-corrected chi connectivity index (χ4v) is 5.16. The van der Waals surface area contributed by atoms with Crippen LogP contribution in [-0.2, 0) is 15.0 Å². The Morgan fingerprint density at radius 2 is 1.70 bits per heavy atom. The van der Waals surface area contributed by atoms with Crippen LogP contribution >= 0.6 is 0 Å². The zero-order chi connectivity index (χ0) is 21.4. The fraction of sp³-hybridized carbons (Fsp3) is 0.440. The molecule has 4 rings (SSSR count). The molecule has 2 heterocycles. The van der Waals surface area contributed by atoms with E-state index in [0.717, 1.165) is 24.0 Å². The lowest BCUT2D eigenvalue weighted by molar-refractivity contribution is -0.140. The fourth-order valence-electron chi connectivity index (χ4n) is 5.16. The van der Waals surface area contributed by atoms with E-state index in [1.807, 2.05) is 61.2 Å². The number of amides is 2. The number of benzene rings is 2. The number of hydrogen-bond donors (Lipinski definition) is 1. The van der Waals surface area contributed by atoms with E-state index in [4.69, 9.17) is 0 Å². The van der Waals surface area contributed by atoms with Crippen molar-refractivity contribution in [2.45, 2.75) is 44.4 Å². The molecular formula is C25H29FN2O2. The van der Waals surface area contributed by atoms with Crippen molar-refractivity contribution in [3.63, 3.8) is 0 Å². The zero-order valence-corrected chi connectivity index (χ0v) is 17.7. The van der Waals surface area contributed by atoms with Gasteiger partial charge in [-0.25, -0.2) is 4.39 Å². The van der Waals surface area contributed by atoms with E-state index in [2.05, 4.69) is 5.32 Å². The molecule has 4 nitrogen and oxygen atoms in total. The largest absolute Gasteiger partial charge is 0.355 e. The highest BCUT2D eigenvalue weighted by atomic mass is 19.1. The van der Waals surface area contributed by atoms with Crippen molar-refractivity contribution >= 4 is 11.8 Å². The minimum Gasteiger partial charge on any atom is -0.355 e. The van der Waals surface area contributed by atoms with Crippen LogP contribution in [0, 0.1) is 11.2 Å². The number of carbonyl (C=O) groups is 2. The number of piperidine rings is 2. The van der Waals surface area contributed by atoms with Gasteiger partial charge in [-0.05, 0) is 55.4 Å².